The Labute approximate surface area is 127 Å². The monoisotopic (exact) mass is 317 g/mol. The molecule has 1 heterocycles. The summed E-state index contributed by atoms with van der Waals surface area (Å²) < 4.78 is 28.0. The Morgan fingerprint density at radius 2 is 2.00 bits per heavy atom. The number of nitro benzene ring substituents is 1. The van der Waals surface area contributed by atoms with E-state index in [0.29, 0.717) is 0 Å². The van der Waals surface area contributed by atoms with Crippen LogP contribution < -0.4 is 5.56 Å². The molecule has 0 saturated carbocycles. The van der Waals surface area contributed by atoms with Crippen LogP contribution in [0.5, 0.6) is 0 Å². The predicted octanol–water partition coefficient (Wildman–Crippen LogP) is 2.63. The largest absolute Gasteiger partial charge is 0.294 e. The summed E-state index contributed by atoms with van der Waals surface area (Å²) in [6.07, 6.45) is 1.15. The zero-order valence-corrected chi connectivity index (χ0v) is 11.6. The van der Waals surface area contributed by atoms with Crippen LogP contribution in [-0.4, -0.2) is 14.5 Å². The number of aromatic nitrogens is 2. The van der Waals surface area contributed by atoms with Gasteiger partial charge in [0.25, 0.3) is 11.2 Å². The normalized spacial score (nSPS) is 10.9. The summed E-state index contributed by atoms with van der Waals surface area (Å²) in [4.78, 5) is 26.5. The Balaban J connectivity index is 2.07. The minimum atomic E-state index is -1.02. The summed E-state index contributed by atoms with van der Waals surface area (Å²) in [5.41, 5.74) is -0.498. The van der Waals surface area contributed by atoms with Crippen molar-refractivity contribution in [3.63, 3.8) is 0 Å². The lowest BCUT2D eigenvalue weighted by atomic mass is 10.2. The lowest BCUT2D eigenvalue weighted by Gasteiger charge is -2.08. The van der Waals surface area contributed by atoms with Crippen molar-refractivity contribution in [2.75, 3.05) is 0 Å². The van der Waals surface area contributed by atoms with Gasteiger partial charge in [0.05, 0.1) is 28.7 Å². The van der Waals surface area contributed by atoms with E-state index in [1.807, 2.05) is 0 Å². The van der Waals surface area contributed by atoms with Gasteiger partial charge in [-0.2, -0.15) is 0 Å². The van der Waals surface area contributed by atoms with Crippen molar-refractivity contribution in [3.8, 4) is 0 Å². The molecule has 6 nitrogen and oxygen atoms in total. The maximum atomic E-state index is 13.7. The number of fused-ring (bicyclic) bond motifs is 1. The Morgan fingerprint density at radius 3 is 2.74 bits per heavy atom. The molecule has 2 aromatic carbocycles. The van der Waals surface area contributed by atoms with Gasteiger partial charge in [-0.15, -0.1) is 0 Å². The summed E-state index contributed by atoms with van der Waals surface area (Å²) in [7, 11) is 0. The van der Waals surface area contributed by atoms with Crippen LogP contribution in [0.15, 0.2) is 47.5 Å². The molecule has 0 fully saturated rings. The standard InChI is InChI=1S/C15H9F2N3O3/c16-12-3-1-2-9(14(12)17)7-19-8-18-13-6-10(20(22)23)4-5-11(13)15(19)21/h1-6,8H,7H2. The van der Waals surface area contributed by atoms with Crippen molar-refractivity contribution >= 4 is 16.6 Å². The van der Waals surface area contributed by atoms with Crippen LogP contribution >= 0.6 is 0 Å². The molecule has 0 bridgehead atoms. The third-order valence-corrected chi connectivity index (χ3v) is 3.39. The Morgan fingerprint density at radius 1 is 1.22 bits per heavy atom. The minimum absolute atomic E-state index is 0.00941. The summed E-state index contributed by atoms with van der Waals surface area (Å²) >= 11 is 0. The van der Waals surface area contributed by atoms with Gasteiger partial charge in [-0.25, -0.2) is 13.8 Å². The van der Waals surface area contributed by atoms with E-state index in [4.69, 9.17) is 0 Å². The first-order valence-corrected chi connectivity index (χ1v) is 6.54. The van der Waals surface area contributed by atoms with E-state index in [1.54, 1.807) is 0 Å². The second kappa shape index (κ2) is 5.56. The molecule has 0 aliphatic carbocycles. The molecule has 0 aliphatic heterocycles. The molecule has 3 aromatic rings. The smallest absolute Gasteiger partial charge is 0.271 e. The number of non-ortho nitro benzene ring substituents is 1. The van der Waals surface area contributed by atoms with Gasteiger partial charge < -0.3 is 0 Å². The van der Waals surface area contributed by atoms with Gasteiger partial charge in [-0.05, 0) is 12.1 Å². The number of nitro groups is 1. The van der Waals surface area contributed by atoms with Gasteiger partial charge in [0, 0.05) is 17.7 Å². The van der Waals surface area contributed by atoms with Gasteiger partial charge in [0.1, 0.15) is 0 Å². The average molecular weight is 317 g/mol. The minimum Gasteiger partial charge on any atom is -0.294 e. The topological polar surface area (TPSA) is 78.0 Å². The summed E-state index contributed by atoms with van der Waals surface area (Å²) in [6.45, 7) is -0.192. The number of hydrogen-bond acceptors (Lipinski definition) is 4. The first-order valence-electron chi connectivity index (χ1n) is 6.54. The molecular formula is C15H9F2N3O3. The molecule has 0 amide bonds. The number of halogens is 2. The molecule has 116 valence electrons. The maximum absolute atomic E-state index is 13.7. The van der Waals surface area contributed by atoms with Crippen molar-refractivity contribution in [1.82, 2.24) is 9.55 Å². The van der Waals surface area contributed by atoms with Crippen LogP contribution in [-0.2, 0) is 6.54 Å². The van der Waals surface area contributed by atoms with Crippen molar-refractivity contribution in [2.24, 2.45) is 0 Å². The zero-order chi connectivity index (χ0) is 16.6. The van der Waals surface area contributed by atoms with Gasteiger partial charge in [0.2, 0.25) is 0 Å². The average Bonchev–Trinajstić information content (AvgIpc) is 2.54. The first kappa shape index (κ1) is 14.8. The van der Waals surface area contributed by atoms with Crippen LogP contribution in [0.4, 0.5) is 14.5 Å². The maximum Gasteiger partial charge on any atom is 0.271 e. The second-order valence-corrected chi connectivity index (χ2v) is 4.85. The summed E-state index contributed by atoms with van der Waals surface area (Å²) in [6, 6.07) is 7.37. The highest BCUT2D eigenvalue weighted by Crippen LogP contribution is 2.17. The fraction of sp³-hybridized carbons (Fsp3) is 0.0667. The summed E-state index contributed by atoms with van der Waals surface area (Å²) in [5, 5.41) is 10.9. The van der Waals surface area contributed by atoms with Gasteiger partial charge in [-0.1, -0.05) is 12.1 Å². The first-order chi connectivity index (χ1) is 11.0. The number of benzene rings is 2. The van der Waals surface area contributed by atoms with Gasteiger partial charge in [0.15, 0.2) is 11.6 Å². The Kier molecular flexibility index (Phi) is 3.57. The molecule has 0 radical (unpaired) electrons. The molecule has 0 N–H and O–H groups in total. The predicted molar refractivity (Wildman–Crippen MR) is 78.1 cm³/mol. The molecule has 0 unspecified atom stereocenters. The molecule has 23 heavy (non-hydrogen) atoms. The SMILES string of the molecule is O=c1c2ccc([N+](=O)[O-])cc2ncn1Cc1cccc(F)c1F. The van der Waals surface area contributed by atoms with Crippen LogP contribution in [0.2, 0.25) is 0 Å². The number of rotatable bonds is 3. The van der Waals surface area contributed by atoms with E-state index >= 15 is 0 Å². The van der Waals surface area contributed by atoms with Crippen molar-refractivity contribution in [1.29, 1.82) is 0 Å². The van der Waals surface area contributed by atoms with E-state index in [-0.39, 0.29) is 28.7 Å². The highest BCUT2D eigenvalue weighted by Gasteiger charge is 2.13. The van der Waals surface area contributed by atoms with Gasteiger partial charge in [-0.3, -0.25) is 19.5 Å². The quantitative estimate of drug-likeness (QED) is 0.549. The molecule has 0 aliphatic rings. The number of hydrogen-bond donors (Lipinski definition) is 0. The summed E-state index contributed by atoms with van der Waals surface area (Å²) in [5.74, 6) is -2.02. The van der Waals surface area contributed by atoms with Crippen LogP contribution in [0.3, 0.4) is 0 Å². The zero-order valence-electron chi connectivity index (χ0n) is 11.6. The molecule has 0 spiro atoms. The third kappa shape index (κ3) is 2.66. The van der Waals surface area contributed by atoms with E-state index < -0.39 is 22.1 Å². The van der Waals surface area contributed by atoms with Crippen LogP contribution in [0.25, 0.3) is 10.9 Å². The second-order valence-electron chi connectivity index (χ2n) is 4.85. The molecule has 0 saturated heterocycles. The van der Waals surface area contributed by atoms with Crippen molar-refractivity contribution in [3.05, 3.63) is 80.4 Å². The molecule has 8 heteroatoms. The molecule has 1 aromatic heterocycles. The fourth-order valence-corrected chi connectivity index (χ4v) is 2.23. The van der Waals surface area contributed by atoms with Crippen molar-refractivity contribution in [2.45, 2.75) is 6.54 Å². The fourth-order valence-electron chi connectivity index (χ4n) is 2.23. The van der Waals surface area contributed by atoms with E-state index in [1.165, 1.54) is 30.3 Å². The lowest BCUT2D eigenvalue weighted by molar-refractivity contribution is -0.384. The lowest BCUT2D eigenvalue weighted by Crippen LogP contribution is -2.21. The van der Waals surface area contributed by atoms with Gasteiger partial charge >= 0.3 is 0 Å². The van der Waals surface area contributed by atoms with Crippen LogP contribution in [0, 0.1) is 21.7 Å². The van der Waals surface area contributed by atoms with E-state index in [2.05, 4.69) is 4.98 Å². The highest BCUT2D eigenvalue weighted by molar-refractivity contribution is 5.79. The van der Waals surface area contributed by atoms with Crippen molar-refractivity contribution < 1.29 is 13.7 Å². The molecular weight excluding hydrogens is 308 g/mol. The van der Waals surface area contributed by atoms with Crippen LogP contribution in [0.1, 0.15) is 5.56 Å². The number of nitrogens with zero attached hydrogens (tertiary/aromatic N) is 3. The highest BCUT2D eigenvalue weighted by atomic mass is 19.2. The third-order valence-electron chi connectivity index (χ3n) is 3.39. The van der Waals surface area contributed by atoms with E-state index in [0.717, 1.165) is 17.0 Å². The molecule has 0 atom stereocenters. The molecule has 3 rings (SSSR count). The Hall–Kier alpha value is -3.16. The van der Waals surface area contributed by atoms with E-state index in [9.17, 15) is 23.7 Å². The Bertz CT molecular complexity index is 985.